The zero-order valence-electron chi connectivity index (χ0n) is 16.0. The van der Waals surface area contributed by atoms with Gasteiger partial charge in [0.1, 0.15) is 0 Å². The molecule has 2 aromatic rings. The molecule has 2 saturated heterocycles. The van der Waals surface area contributed by atoms with Gasteiger partial charge in [-0.2, -0.15) is 29.8 Å². The third-order valence-electron chi connectivity index (χ3n) is 6.30. The van der Waals surface area contributed by atoms with Crippen LogP contribution in [0.15, 0.2) is 35.0 Å². The van der Waals surface area contributed by atoms with E-state index in [-0.39, 0.29) is 18.4 Å². The van der Waals surface area contributed by atoms with Crippen molar-refractivity contribution in [3.8, 4) is 6.07 Å². The SMILES string of the molecule is N#Cc1ccc(N2CC[C@@]3(CO)CN(C(=O)c4ccsc4)C[C@H]3C2)cc1C(F)(F)F. The number of alkyl halides is 3. The van der Waals surface area contributed by atoms with Crippen molar-refractivity contribution in [1.29, 1.82) is 5.26 Å². The summed E-state index contributed by atoms with van der Waals surface area (Å²) in [6.45, 7) is 1.74. The van der Waals surface area contributed by atoms with Gasteiger partial charge in [-0.1, -0.05) is 0 Å². The maximum atomic E-state index is 13.3. The Hall–Kier alpha value is -2.57. The summed E-state index contributed by atoms with van der Waals surface area (Å²) in [5, 5.41) is 22.7. The molecule has 5 nitrogen and oxygen atoms in total. The van der Waals surface area contributed by atoms with Crippen molar-refractivity contribution in [3.63, 3.8) is 0 Å². The van der Waals surface area contributed by atoms with Crippen molar-refractivity contribution in [2.75, 3.05) is 37.7 Å². The first kappa shape index (κ1) is 20.7. The fourth-order valence-electron chi connectivity index (χ4n) is 4.56. The molecule has 1 N–H and O–H groups in total. The highest BCUT2D eigenvalue weighted by molar-refractivity contribution is 7.08. The van der Waals surface area contributed by atoms with Crippen LogP contribution in [0.4, 0.5) is 18.9 Å². The Labute approximate surface area is 175 Å². The normalized spacial score (nSPS) is 23.9. The summed E-state index contributed by atoms with van der Waals surface area (Å²) in [5.41, 5.74) is -0.772. The molecule has 2 fully saturated rings. The van der Waals surface area contributed by atoms with E-state index in [2.05, 4.69) is 0 Å². The Morgan fingerprint density at radius 1 is 1.33 bits per heavy atom. The molecule has 0 radical (unpaired) electrons. The standard InChI is InChI=1S/C21H20F3N3O2S/c22-21(23,24)18-7-17(2-1-14(18)8-25)26-5-4-20(13-28)12-27(10-16(20)9-26)19(29)15-3-6-30-11-15/h1-3,6-7,11,16,28H,4-5,9-10,12-13H2/t16-,20+/m1/s1. The Morgan fingerprint density at radius 2 is 2.13 bits per heavy atom. The number of hydrogen-bond donors (Lipinski definition) is 1. The molecule has 1 amide bonds. The predicted molar refractivity (Wildman–Crippen MR) is 106 cm³/mol. The van der Waals surface area contributed by atoms with E-state index in [0.29, 0.717) is 43.9 Å². The molecule has 3 heterocycles. The number of likely N-dealkylation sites (tertiary alicyclic amines) is 1. The number of nitrogens with zero attached hydrogens (tertiary/aromatic N) is 3. The number of piperidine rings is 1. The second kappa shape index (κ2) is 7.60. The van der Waals surface area contributed by atoms with Gasteiger partial charge in [0.2, 0.25) is 0 Å². The van der Waals surface area contributed by atoms with Gasteiger partial charge >= 0.3 is 6.18 Å². The molecule has 2 atom stereocenters. The molecule has 30 heavy (non-hydrogen) atoms. The van der Waals surface area contributed by atoms with Gasteiger partial charge in [-0.25, -0.2) is 0 Å². The Balaban J connectivity index is 1.57. The van der Waals surface area contributed by atoms with E-state index in [1.54, 1.807) is 22.4 Å². The molecule has 2 aliphatic rings. The van der Waals surface area contributed by atoms with Crippen LogP contribution in [-0.4, -0.2) is 48.7 Å². The highest BCUT2D eigenvalue weighted by Crippen LogP contribution is 2.44. The first-order valence-electron chi connectivity index (χ1n) is 9.56. The topological polar surface area (TPSA) is 67.6 Å². The molecule has 0 bridgehead atoms. The van der Waals surface area contributed by atoms with E-state index >= 15 is 0 Å². The first-order valence-corrected chi connectivity index (χ1v) is 10.5. The zero-order valence-corrected chi connectivity index (χ0v) is 16.8. The maximum absolute atomic E-state index is 13.3. The van der Waals surface area contributed by atoms with Crippen molar-refractivity contribution in [2.45, 2.75) is 12.6 Å². The van der Waals surface area contributed by atoms with Gasteiger partial charge in [0.25, 0.3) is 5.91 Å². The summed E-state index contributed by atoms with van der Waals surface area (Å²) in [6.07, 6.45) is -4.04. The number of carbonyl (C=O) groups excluding carboxylic acids is 1. The molecule has 2 aliphatic heterocycles. The molecule has 9 heteroatoms. The lowest BCUT2D eigenvalue weighted by atomic mass is 9.73. The van der Waals surface area contributed by atoms with Gasteiger partial charge in [0.15, 0.2) is 0 Å². The molecule has 1 aromatic heterocycles. The number of hydrogen-bond acceptors (Lipinski definition) is 5. The maximum Gasteiger partial charge on any atom is 0.417 e. The number of anilines is 1. The van der Waals surface area contributed by atoms with Crippen LogP contribution in [0.1, 0.15) is 27.9 Å². The van der Waals surface area contributed by atoms with E-state index in [0.717, 1.165) is 6.07 Å². The van der Waals surface area contributed by atoms with E-state index in [4.69, 9.17) is 5.26 Å². The molecule has 0 saturated carbocycles. The monoisotopic (exact) mass is 435 g/mol. The van der Waals surface area contributed by atoms with Crippen LogP contribution in [0, 0.1) is 22.7 Å². The molecule has 0 spiro atoms. The number of aliphatic hydroxyl groups excluding tert-OH is 1. The Morgan fingerprint density at radius 3 is 2.77 bits per heavy atom. The highest BCUT2D eigenvalue weighted by atomic mass is 32.1. The number of fused-ring (bicyclic) bond motifs is 1. The van der Waals surface area contributed by atoms with Crippen LogP contribution in [0.2, 0.25) is 0 Å². The smallest absolute Gasteiger partial charge is 0.396 e. The van der Waals surface area contributed by atoms with Crippen LogP contribution in [0.5, 0.6) is 0 Å². The molecular formula is C21H20F3N3O2S. The van der Waals surface area contributed by atoms with E-state index < -0.39 is 22.7 Å². The summed E-state index contributed by atoms with van der Waals surface area (Å²) in [7, 11) is 0. The fourth-order valence-corrected chi connectivity index (χ4v) is 5.19. The number of benzene rings is 1. The lowest BCUT2D eigenvalue weighted by Crippen LogP contribution is -2.49. The summed E-state index contributed by atoms with van der Waals surface area (Å²) in [4.78, 5) is 16.4. The average Bonchev–Trinajstić information content (AvgIpc) is 3.40. The summed E-state index contributed by atoms with van der Waals surface area (Å²) >= 11 is 1.44. The Bertz CT molecular complexity index is 986. The van der Waals surface area contributed by atoms with Crippen LogP contribution >= 0.6 is 11.3 Å². The summed E-state index contributed by atoms with van der Waals surface area (Å²) in [6, 6.07) is 7.12. The Kier molecular flexibility index (Phi) is 5.24. The van der Waals surface area contributed by atoms with Crippen molar-refractivity contribution >= 4 is 22.9 Å². The van der Waals surface area contributed by atoms with Gasteiger partial charge in [-0.05, 0) is 36.1 Å². The number of carbonyl (C=O) groups is 1. The molecule has 1 aromatic carbocycles. The van der Waals surface area contributed by atoms with Crippen molar-refractivity contribution < 1.29 is 23.1 Å². The third-order valence-corrected chi connectivity index (χ3v) is 6.98. The number of halogens is 3. The second-order valence-corrected chi connectivity index (χ2v) is 8.73. The van der Waals surface area contributed by atoms with Crippen molar-refractivity contribution in [1.82, 2.24) is 4.90 Å². The minimum atomic E-state index is -4.61. The minimum Gasteiger partial charge on any atom is -0.396 e. The first-order chi connectivity index (χ1) is 14.3. The van der Waals surface area contributed by atoms with Gasteiger partial charge in [0.05, 0.1) is 29.4 Å². The van der Waals surface area contributed by atoms with Crippen molar-refractivity contribution in [3.05, 3.63) is 51.7 Å². The van der Waals surface area contributed by atoms with Crippen LogP contribution in [0.3, 0.4) is 0 Å². The highest BCUT2D eigenvalue weighted by Gasteiger charge is 2.50. The van der Waals surface area contributed by atoms with E-state index in [1.807, 2.05) is 10.3 Å². The average molecular weight is 435 g/mol. The quantitative estimate of drug-likeness (QED) is 0.800. The number of nitriles is 1. The number of rotatable bonds is 3. The van der Waals surface area contributed by atoms with Crippen LogP contribution < -0.4 is 4.90 Å². The van der Waals surface area contributed by atoms with Gasteiger partial charge in [0, 0.05) is 48.6 Å². The van der Waals surface area contributed by atoms with E-state index in [9.17, 15) is 23.1 Å². The lowest BCUT2D eigenvalue weighted by Gasteiger charge is -2.43. The lowest BCUT2D eigenvalue weighted by molar-refractivity contribution is -0.137. The molecule has 158 valence electrons. The molecule has 0 aliphatic carbocycles. The van der Waals surface area contributed by atoms with Crippen LogP contribution in [0.25, 0.3) is 0 Å². The van der Waals surface area contributed by atoms with Gasteiger partial charge in [-0.15, -0.1) is 0 Å². The summed E-state index contributed by atoms with van der Waals surface area (Å²) in [5.74, 6) is -0.133. The molecule has 0 unspecified atom stereocenters. The number of aliphatic hydroxyl groups is 1. The predicted octanol–water partition coefficient (Wildman–Crippen LogP) is 3.60. The largest absolute Gasteiger partial charge is 0.417 e. The van der Waals surface area contributed by atoms with Gasteiger partial charge < -0.3 is 14.9 Å². The fraction of sp³-hybridized carbons (Fsp3) is 0.429. The van der Waals surface area contributed by atoms with E-state index in [1.165, 1.54) is 23.5 Å². The van der Waals surface area contributed by atoms with Crippen molar-refractivity contribution in [2.24, 2.45) is 11.3 Å². The van der Waals surface area contributed by atoms with Gasteiger partial charge in [-0.3, -0.25) is 4.79 Å². The molecular weight excluding hydrogens is 415 g/mol. The number of amides is 1. The number of thiophene rings is 1. The molecule has 4 rings (SSSR count). The minimum absolute atomic E-state index is 0.0520. The zero-order chi connectivity index (χ0) is 21.5. The third kappa shape index (κ3) is 3.55. The summed E-state index contributed by atoms with van der Waals surface area (Å²) < 4.78 is 40.0. The second-order valence-electron chi connectivity index (χ2n) is 7.95. The van der Waals surface area contributed by atoms with Crippen LogP contribution in [-0.2, 0) is 6.18 Å².